The molecule has 0 bridgehead atoms. The van der Waals surface area contributed by atoms with Crippen LogP contribution in [-0.2, 0) is 16.0 Å². The molecule has 1 saturated heterocycles. The Labute approximate surface area is 169 Å². The van der Waals surface area contributed by atoms with Crippen LogP contribution in [0, 0.1) is 5.92 Å². The van der Waals surface area contributed by atoms with Gasteiger partial charge in [0.2, 0.25) is 11.8 Å². The van der Waals surface area contributed by atoms with Gasteiger partial charge in [0.15, 0.2) is 0 Å². The third-order valence-corrected chi connectivity index (χ3v) is 5.72. The molecular formula is C23H25N3O3. The number of hydrogen-bond acceptors (Lipinski definition) is 3. The molecule has 3 aromatic rings. The van der Waals surface area contributed by atoms with Gasteiger partial charge in [-0.3, -0.25) is 9.59 Å². The molecule has 1 fully saturated rings. The summed E-state index contributed by atoms with van der Waals surface area (Å²) in [6, 6.07) is 16.0. The van der Waals surface area contributed by atoms with E-state index in [9.17, 15) is 9.59 Å². The number of nitrogens with one attached hydrogen (secondary N) is 1. The molecule has 29 heavy (non-hydrogen) atoms. The van der Waals surface area contributed by atoms with E-state index >= 15 is 0 Å². The summed E-state index contributed by atoms with van der Waals surface area (Å²) in [5, 5.41) is 1.13. The van der Waals surface area contributed by atoms with Gasteiger partial charge in [0, 0.05) is 36.1 Å². The van der Waals surface area contributed by atoms with Crippen LogP contribution in [0.1, 0.15) is 18.4 Å². The van der Waals surface area contributed by atoms with Crippen molar-refractivity contribution in [1.82, 2.24) is 9.88 Å². The third kappa shape index (κ3) is 3.83. The second-order valence-corrected chi connectivity index (χ2v) is 7.48. The van der Waals surface area contributed by atoms with E-state index in [0.29, 0.717) is 32.4 Å². The number of aryl methyl sites for hydroxylation is 1. The molecule has 3 N–H and O–H groups in total. The van der Waals surface area contributed by atoms with Gasteiger partial charge in [-0.05, 0) is 54.3 Å². The van der Waals surface area contributed by atoms with Gasteiger partial charge in [-0.15, -0.1) is 0 Å². The monoisotopic (exact) mass is 391 g/mol. The van der Waals surface area contributed by atoms with Crippen LogP contribution < -0.4 is 10.5 Å². The van der Waals surface area contributed by atoms with Crippen molar-refractivity contribution < 1.29 is 14.3 Å². The van der Waals surface area contributed by atoms with Gasteiger partial charge in [-0.25, -0.2) is 0 Å². The number of nitrogens with zero attached hydrogens (tertiary/aromatic N) is 1. The molecule has 1 atom stereocenters. The molecule has 150 valence electrons. The van der Waals surface area contributed by atoms with Crippen LogP contribution in [0.15, 0.2) is 48.5 Å². The Hall–Kier alpha value is -3.28. The second-order valence-electron chi connectivity index (χ2n) is 7.48. The van der Waals surface area contributed by atoms with Crippen molar-refractivity contribution in [3.05, 3.63) is 54.1 Å². The van der Waals surface area contributed by atoms with Crippen LogP contribution >= 0.6 is 0 Å². The number of carbonyl (C=O) groups excluding carboxylic acids is 2. The molecule has 1 aromatic heterocycles. The van der Waals surface area contributed by atoms with Crippen LogP contribution in [0.4, 0.5) is 0 Å². The molecular weight excluding hydrogens is 366 g/mol. The highest BCUT2D eigenvalue weighted by Gasteiger charge is 2.29. The number of ether oxygens (including phenoxy) is 1. The number of hydrogen-bond donors (Lipinski definition) is 2. The zero-order chi connectivity index (χ0) is 20.4. The lowest BCUT2D eigenvalue weighted by Gasteiger charge is -2.16. The average molecular weight is 391 g/mol. The SMILES string of the molecule is COc1ccc(-c2[nH]c3ccccc3c2CCC(=O)N2CCC(C(N)=O)C2)cc1. The van der Waals surface area contributed by atoms with E-state index in [1.165, 1.54) is 0 Å². The van der Waals surface area contributed by atoms with Crippen molar-refractivity contribution in [2.45, 2.75) is 19.3 Å². The van der Waals surface area contributed by atoms with Gasteiger partial charge in [0.1, 0.15) is 5.75 Å². The molecule has 2 aromatic carbocycles. The van der Waals surface area contributed by atoms with E-state index < -0.39 is 0 Å². The van der Waals surface area contributed by atoms with Gasteiger partial charge < -0.3 is 20.4 Å². The first-order chi connectivity index (χ1) is 14.1. The fourth-order valence-corrected chi connectivity index (χ4v) is 4.07. The fourth-order valence-electron chi connectivity index (χ4n) is 4.07. The van der Waals surface area contributed by atoms with Gasteiger partial charge in [-0.2, -0.15) is 0 Å². The van der Waals surface area contributed by atoms with Gasteiger partial charge in [-0.1, -0.05) is 18.2 Å². The van der Waals surface area contributed by atoms with E-state index in [1.807, 2.05) is 42.5 Å². The lowest BCUT2D eigenvalue weighted by atomic mass is 10.0. The molecule has 2 heterocycles. The summed E-state index contributed by atoms with van der Waals surface area (Å²) in [4.78, 5) is 29.4. The van der Waals surface area contributed by atoms with E-state index in [0.717, 1.165) is 33.5 Å². The van der Waals surface area contributed by atoms with Crippen LogP contribution in [0.3, 0.4) is 0 Å². The van der Waals surface area contributed by atoms with E-state index in [-0.39, 0.29) is 17.7 Å². The summed E-state index contributed by atoms with van der Waals surface area (Å²) in [6.07, 6.45) is 1.68. The number of nitrogens with two attached hydrogens (primary N) is 1. The molecule has 0 radical (unpaired) electrons. The Bertz CT molecular complexity index is 1040. The summed E-state index contributed by atoms with van der Waals surface area (Å²) in [6.45, 7) is 1.04. The summed E-state index contributed by atoms with van der Waals surface area (Å²) >= 11 is 0. The summed E-state index contributed by atoms with van der Waals surface area (Å²) < 4.78 is 5.26. The maximum absolute atomic E-state index is 12.7. The van der Waals surface area contributed by atoms with Crippen LogP contribution in [0.2, 0.25) is 0 Å². The van der Waals surface area contributed by atoms with Crippen molar-refractivity contribution in [3.8, 4) is 17.0 Å². The van der Waals surface area contributed by atoms with Crippen LogP contribution in [0.5, 0.6) is 5.75 Å². The first kappa shape index (κ1) is 19.1. The molecule has 0 spiro atoms. The minimum absolute atomic E-state index is 0.0692. The molecule has 6 heteroatoms. The number of methoxy groups -OCH3 is 1. The number of aromatic amines is 1. The number of aromatic nitrogens is 1. The number of carbonyl (C=O) groups is 2. The normalized spacial score (nSPS) is 16.3. The van der Waals surface area contributed by atoms with Gasteiger partial charge >= 0.3 is 0 Å². The van der Waals surface area contributed by atoms with Crippen molar-refractivity contribution in [1.29, 1.82) is 0 Å². The van der Waals surface area contributed by atoms with Crippen molar-refractivity contribution in [2.24, 2.45) is 11.7 Å². The standard InChI is InChI=1S/C23H25N3O3/c1-29-17-8-6-15(7-9-17)22-19(18-4-2-3-5-20(18)25-22)10-11-21(27)26-13-12-16(14-26)23(24)28/h2-9,16,25H,10-14H2,1H3,(H2,24,28). The van der Waals surface area contributed by atoms with Gasteiger partial charge in [0.05, 0.1) is 13.0 Å². The topological polar surface area (TPSA) is 88.4 Å². The molecule has 0 aliphatic carbocycles. The number of rotatable bonds is 6. The lowest BCUT2D eigenvalue weighted by molar-refractivity contribution is -0.130. The smallest absolute Gasteiger partial charge is 0.222 e. The van der Waals surface area contributed by atoms with Crippen LogP contribution in [0.25, 0.3) is 22.2 Å². The minimum Gasteiger partial charge on any atom is -0.497 e. The van der Waals surface area contributed by atoms with Crippen molar-refractivity contribution >= 4 is 22.7 Å². The number of amides is 2. The maximum Gasteiger partial charge on any atom is 0.222 e. The predicted molar refractivity (Wildman–Crippen MR) is 112 cm³/mol. The maximum atomic E-state index is 12.7. The summed E-state index contributed by atoms with van der Waals surface area (Å²) in [7, 11) is 1.65. The highest BCUT2D eigenvalue weighted by molar-refractivity contribution is 5.91. The zero-order valence-corrected chi connectivity index (χ0v) is 16.5. The van der Waals surface area contributed by atoms with Gasteiger partial charge in [0.25, 0.3) is 0 Å². The molecule has 4 rings (SSSR count). The Morgan fingerprint density at radius 3 is 2.62 bits per heavy atom. The molecule has 1 aliphatic heterocycles. The summed E-state index contributed by atoms with van der Waals surface area (Å²) in [5.74, 6) is 0.333. The molecule has 2 amide bonds. The highest BCUT2D eigenvalue weighted by Crippen LogP contribution is 2.32. The average Bonchev–Trinajstić information content (AvgIpc) is 3.37. The predicted octanol–water partition coefficient (Wildman–Crippen LogP) is 3.11. The van der Waals surface area contributed by atoms with E-state index in [4.69, 9.17) is 10.5 Å². The number of para-hydroxylation sites is 1. The number of likely N-dealkylation sites (tertiary alicyclic amines) is 1. The first-order valence-electron chi connectivity index (χ1n) is 9.88. The zero-order valence-electron chi connectivity index (χ0n) is 16.5. The number of primary amides is 1. The summed E-state index contributed by atoms with van der Waals surface area (Å²) in [5.41, 5.74) is 9.65. The second kappa shape index (κ2) is 7.99. The molecule has 0 saturated carbocycles. The molecule has 1 aliphatic rings. The highest BCUT2D eigenvalue weighted by atomic mass is 16.5. The molecule has 6 nitrogen and oxygen atoms in total. The number of fused-ring (bicyclic) bond motifs is 1. The Kier molecular flexibility index (Phi) is 5.25. The lowest BCUT2D eigenvalue weighted by Crippen LogP contribution is -2.31. The minimum atomic E-state index is -0.321. The Morgan fingerprint density at radius 2 is 1.93 bits per heavy atom. The largest absolute Gasteiger partial charge is 0.497 e. The number of benzene rings is 2. The van der Waals surface area contributed by atoms with Crippen molar-refractivity contribution in [3.63, 3.8) is 0 Å². The fraction of sp³-hybridized carbons (Fsp3) is 0.304. The quantitative estimate of drug-likeness (QED) is 0.677. The van der Waals surface area contributed by atoms with E-state index in [1.54, 1.807) is 12.0 Å². The Balaban J connectivity index is 1.57. The van der Waals surface area contributed by atoms with Crippen molar-refractivity contribution in [2.75, 3.05) is 20.2 Å². The van der Waals surface area contributed by atoms with E-state index in [2.05, 4.69) is 11.1 Å². The first-order valence-corrected chi connectivity index (χ1v) is 9.88. The third-order valence-electron chi connectivity index (χ3n) is 5.72. The molecule has 1 unspecified atom stereocenters. The Morgan fingerprint density at radius 1 is 1.17 bits per heavy atom. The number of H-pyrrole nitrogens is 1. The van der Waals surface area contributed by atoms with Crippen LogP contribution in [-0.4, -0.2) is 41.9 Å².